The van der Waals surface area contributed by atoms with Crippen molar-refractivity contribution in [2.45, 2.75) is 32.9 Å². The van der Waals surface area contributed by atoms with Gasteiger partial charge in [0.2, 0.25) is 5.91 Å². The summed E-state index contributed by atoms with van der Waals surface area (Å²) in [5, 5.41) is 3.34. The Bertz CT molecular complexity index is 202. The van der Waals surface area contributed by atoms with E-state index in [0.29, 0.717) is 12.6 Å². The van der Waals surface area contributed by atoms with Crippen LogP contribution in [0.25, 0.3) is 0 Å². The third-order valence-corrected chi connectivity index (χ3v) is 2.78. The summed E-state index contributed by atoms with van der Waals surface area (Å²) in [5.74, 6) is 0.104. The van der Waals surface area contributed by atoms with Gasteiger partial charge in [-0.3, -0.25) is 4.79 Å². The number of ether oxygens (including phenoxy) is 1. The van der Waals surface area contributed by atoms with Crippen LogP contribution >= 0.6 is 12.4 Å². The lowest BCUT2D eigenvalue weighted by molar-refractivity contribution is -0.139. The van der Waals surface area contributed by atoms with Crippen molar-refractivity contribution < 1.29 is 9.53 Å². The largest absolute Gasteiger partial charge is 0.372 e. The summed E-state index contributed by atoms with van der Waals surface area (Å²) in [4.78, 5) is 13.6. The van der Waals surface area contributed by atoms with Crippen LogP contribution in [-0.2, 0) is 9.53 Å². The van der Waals surface area contributed by atoms with Crippen LogP contribution < -0.4 is 5.32 Å². The Kier molecular flexibility index (Phi) is 6.89. The fourth-order valence-electron chi connectivity index (χ4n) is 1.68. The Hall–Kier alpha value is -0.320. The maximum absolute atomic E-state index is 11.7. The molecule has 0 bridgehead atoms. The number of piperazine rings is 1. The number of halogens is 1. The molecule has 0 saturated carbocycles. The normalized spacial score (nSPS) is 25.9. The Morgan fingerprint density at radius 3 is 2.80 bits per heavy atom. The Labute approximate surface area is 97.8 Å². The van der Waals surface area contributed by atoms with Gasteiger partial charge in [-0.2, -0.15) is 0 Å². The van der Waals surface area contributed by atoms with Crippen molar-refractivity contribution in [3.63, 3.8) is 0 Å². The van der Waals surface area contributed by atoms with E-state index in [9.17, 15) is 4.79 Å². The van der Waals surface area contributed by atoms with E-state index in [-0.39, 0.29) is 31.0 Å². The minimum absolute atomic E-state index is 0. The second-order valence-electron chi connectivity index (χ2n) is 3.71. The molecule has 0 aromatic rings. The molecule has 2 atom stereocenters. The quantitative estimate of drug-likeness (QED) is 0.783. The van der Waals surface area contributed by atoms with E-state index in [4.69, 9.17) is 4.74 Å². The molecule has 90 valence electrons. The van der Waals surface area contributed by atoms with Crippen LogP contribution in [0.3, 0.4) is 0 Å². The standard InChI is InChI=1S/C10H20N2O2.ClH/c1-4-14-7-10(13)12-6-5-11-8(2)9(12)3;/h8-9,11H,4-7H2,1-3H3;1H. The summed E-state index contributed by atoms with van der Waals surface area (Å²) in [6, 6.07) is 0.631. The van der Waals surface area contributed by atoms with Gasteiger partial charge in [0.05, 0.1) is 0 Å². The van der Waals surface area contributed by atoms with Gasteiger partial charge in [0.1, 0.15) is 6.61 Å². The van der Waals surface area contributed by atoms with E-state index in [1.165, 1.54) is 0 Å². The van der Waals surface area contributed by atoms with Crippen LogP contribution in [-0.4, -0.2) is 49.2 Å². The molecule has 0 spiro atoms. The SMILES string of the molecule is CCOCC(=O)N1CCNC(C)C1C.Cl. The number of carbonyl (C=O) groups is 1. The van der Waals surface area contributed by atoms with Crippen molar-refractivity contribution in [1.29, 1.82) is 0 Å². The smallest absolute Gasteiger partial charge is 0.248 e. The molecule has 1 amide bonds. The number of nitrogens with zero attached hydrogens (tertiary/aromatic N) is 1. The summed E-state index contributed by atoms with van der Waals surface area (Å²) < 4.78 is 5.12. The van der Waals surface area contributed by atoms with Crippen LogP contribution in [0.4, 0.5) is 0 Å². The molecule has 1 rings (SSSR count). The molecular formula is C10H21ClN2O2. The number of amides is 1. The van der Waals surface area contributed by atoms with Crippen molar-refractivity contribution in [2.24, 2.45) is 0 Å². The van der Waals surface area contributed by atoms with Crippen molar-refractivity contribution in [2.75, 3.05) is 26.3 Å². The first kappa shape index (κ1) is 14.7. The lowest BCUT2D eigenvalue weighted by Crippen LogP contribution is -2.57. The first-order valence-corrected chi connectivity index (χ1v) is 5.27. The van der Waals surface area contributed by atoms with Gasteiger partial charge in [-0.15, -0.1) is 12.4 Å². The molecule has 0 aromatic carbocycles. The van der Waals surface area contributed by atoms with Gasteiger partial charge in [-0.05, 0) is 20.8 Å². The zero-order valence-electron chi connectivity index (χ0n) is 9.66. The summed E-state index contributed by atoms with van der Waals surface area (Å²) in [6.45, 7) is 8.55. The maximum Gasteiger partial charge on any atom is 0.248 e. The molecule has 1 N–H and O–H groups in total. The van der Waals surface area contributed by atoms with Crippen molar-refractivity contribution in [3.05, 3.63) is 0 Å². The number of rotatable bonds is 3. The molecule has 1 fully saturated rings. The molecule has 0 aromatic heterocycles. The Morgan fingerprint density at radius 1 is 1.53 bits per heavy atom. The molecule has 2 unspecified atom stereocenters. The first-order chi connectivity index (χ1) is 6.66. The van der Waals surface area contributed by atoms with E-state index in [2.05, 4.69) is 19.2 Å². The number of nitrogens with one attached hydrogen (secondary N) is 1. The van der Waals surface area contributed by atoms with E-state index in [0.717, 1.165) is 13.1 Å². The highest BCUT2D eigenvalue weighted by molar-refractivity contribution is 5.85. The van der Waals surface area contributed by atoms with Gasteiger partial charge in [0.25, 0.3) is 0 Å². The second-order valence-corrected chi connectivity index (χ2v) is 3.71. The topological polar surface area (TPSA) is 41.6 Å². The third kappa shape index (κ3) is 3.97. The predicted molar refractivity (Wildman–Crippen MR) is 62.4 cm³/mol. The Balaban J connectivity index is 0.00000196. The van der Waals surface area contributed by atoms with Crippen molar-refractivity contribution in [3.8, 4) is 0 Å². The van der Waals surface area contributed by atoms with Crippen LogP contribution in [0.2, 0.25) is 0 Å². The number of carbonyl (C=O) groups excluding carboxylic acids is 1. The molecule has 1 heterocycles. The van der Waals surface area contributed by atoms with Crippen LogP contribution in [0, 0.1) is 0 Å². The number of hydrogen-bond acceptors (Lipinski definition) is 3. The average molecular weight is 237 g/mol. The van der Waals surface area contributed by atoms with Gasteiger partial charge >= 0.3 is 0 Å². The summed E-state index contributed by atoms with van der Waals surface area (Å²) in [5.41, 5.74) is 0. The third-order valence-electron chi connectivity index (χ3n) is 2.78. The Morgan fingerprint density at radius 2 is 2.20 bits per heavy atom. The van der Waals surface area contributed by atoms with Gasteiger partial charge in [0, 0.05) is 31.8 Å². The molecule has 1 aliphatic rings. The summed E-state index contributed by atoms with van der Waals surface area (Å²) in [7, 11) is 0. The zero-order chi connectivity index (χ0) is 10.6. The second kappa shape index (κ2) is 7.04. The monoisotopic (exact) mass is 236 g/mol. The van der Waals surface area contributed by atoms with E-state index >= 15 is 0 Å². The molecule has 0 radical (unpaired) electrons. The summed E-state index contributed by atoms with van der Waals surface area (Å²) >= 11 is 0. The number of hydrogen-bond donors (Lipinski definition) is 1. The molecule has 4 nitrogen and oxygen atoms in total. The molecular weight excluding hydrogens is 216 g/mol. The molecule has 15 heavy (non-hydrogen) atoms. The van der Waals surface area contributed by atoms with E-state index < -0.39 is 0 Å². The predicted octanol–water partition coefficient (Wildman–Crippen LogP) is 0.654. The van der Waals surface area contributed by atoms with Crippen molar-refractivity contribution in [1.82, 2.24) is 10.2 Å². The van der Waals surface area contributed by atoms with Crippen LogP contribution in [0.1, 0.15) is 20.8 Å². The fourth-order valence-corrected chi connectivity index (χ4v) is 1.68. The molecule has 1 saturated heterocycles. The highest BCUT2D eigenvalue weighted by Gasteiger charge is 2.27. The maximum atomic E-state index is 11.7. The zero-order valence-corrected chi connectivity index (χ0v) is 10.5. The lowest BCUT2D eigenvalue weighted by atomic mass is 10.1. The van der Waals surface area contributed by atoms with Crippen LogP contribution in [0.5, 0.6) is 0 Å². The minimum Gasteiger partial charge on any atom is -0.372 e. The lowest BCUT2D eigenvalue weighted by Gasteiger charge is -2.38. The van der Waals surface area contributed by atoms with Gasteiger partial charge in [0.15, 0.2) is 0 Å². The van der Waals surface area contributed by atoms with Gasteiger partial charge < -0.3 is 15.0 Å². The highest BCUT2D eigenvalue weighted by Crippen LogP contribution is 2.08. The first-order valence-electron chi connectivity index (χ1n) is 5.27. The van der Waals surface area contributed by atoms with Gasteiger partial charge in [-0.25, -0.2) is 0 Å². The molecule has 5 heteroatoms. The minimum atomic E-state index is 0. The van der Waals surface area contributed by atoms with E-state index in [1.54, 1.807) is 0 Å². The fraction of sp³-hybridized carbons (Fsp3) is 0.900. The molecule has 1 aliphatic heterocycles. The average Bonchev–Trinajstić information content (AvgIpc) is 2.18. The van der Waals surface area contributed by atoms with Gasteiger partial charge in [-0.1, -0.05) is 0 Å². The molecule has 0 aliphatic carbocycles. The van der Waals surface area contributed by atoms with E-state index in [1.807, 2.05) is 11.8 Å². The van der Waals surface area contributed by atoms with Crippen LogP contribution in [0.15, 0.2) is 0 Å². The van der Waals surface area contributed by atoms with Crippen molar-refractivity contribution >= 4 is 18.3 Å². The summed E-state index contributed by atoms with van der Waals surface area (Å²) in [6.07, 6.45) is 0. The highest BCUT2D eigenvalue weighted by atomic mass is 35.5.